The van der Waals surface area contributed by atoms with Crippen LogP contribution in [0.2, 0.25) is 5.02 Å². The molecular formula is C25H19ClF2N4O3S. The van der Waals surface area contributed by atoms with Gasteiger partial charge in [-0.2, -0.15) is 5.26 Å². The van der Waals surface area contributed by atoms with Crippen molar-refractivity contribution in [3.63, 3.8) is 0 Å². The van der Waals surface area contributed by atoms with Crippen LogP contribution in [-0.2, 0) is 4.79 Å². The predicted octanol–water partition coefficient (Wildman–Crippen LogP) is 4.58. The minimum atomic E-state index is -0.824. The van der Waals surface area contributed by atoms with Crippen LogP contribution in [0.1, 0.15) is 22.3 Å². The molecule has 1 aromatic heterocycles. The average Bonchev–Trinajstić information content (AvgIpc) is 3.21. The Bertz CT molecular complexity index is 1500. The number of anilines is 1. The van der Waals surface area contributed by atoms with Gasteiger partial charge in [0.1, 0.15) is 22.7 Å². The molecule has 0 bridgehead atoms. The molecular weight excluding hydrogens is 511 g/mol. The van der Waals surface area contributed by atoms with Crippen molar-refractivity contribution >= 4 is 49.8 Å². The predicted molar refractivity (Wildman–Crippen MR) is 133 cm³/mol. The summed E-state index contributed by atoms with van der Waals surface area (Å²) in [5, 5.41) is 9.71. The van der Waals surface area contributed by atoms with Crippen LogP contribution in [0.4, 0.5) is 13.8 Å². The van der Waals surface area contributed by atoms with E-state index in [1.54, 1.807) is 9.80 Å². The van der Waals surface area contributed by atoms with Crippen LogP contribution in [-0.4, -0.2) is 53.9 Å². The molecule has 11 heteroatoms. The summed E-state index contributed by atoms with van der Waals surface area (Å²) < 4.78 is 36.2. The lowest BCUT2D eigenvalue weighted by Gasteiger charge is -2.42. The van der Waals surface area contributed by atoms with Crippen molar-refractivity contribution in [1.29, 1.82) is 5.26 Å². The van der Waals surface area contributed by atoms with E-state index in [2.05, 4.69) is 6.58 Å². The Morgan fingerprint density at radius 2 is 2.08 bits per heavy atom. The highest BCUT2D eigenvalue weighted by atomic mass is 35.5. The summed E-state index contributed by atoms with van der Waals surface area (Å²) >= 11 is 7.55. The SMILES string of the molecule is C=C[13C](=O)N1CCN2C(=O)c3cc(F)c(-c4ccc(F)c5sc(N)c(C#N)c45)c(Cl)c3OCC[C@H]2C1. The number of nitrogens with two attached hydrogens (primary N) is 1. The third-order valence-corrected chi connectivity index (χ3v) is 7.92. The zero-order valence-electron chi connectivity index (χ0n) is 18.8. The lowest BCUT2D eigenvalue weighted by molar-refractivity contribution is -0.128. The molecule has 0 saturated carbocycles. The van der Waals surface area contributed by atoms with E-state index < -0.39 is 17.5 Å². The number of nitrogen functional groups attached to an aromatic ring is 1. The second kappa shape index (κ2) is 9.08. The van der Waals surface area contributed by atoms with Crippen LogP contribution in [0.3, 0.4) is 0 Å². The Hall–Kier alpha value is -3.68. The summed E-state index contributed by atoms with van der Waals surface area (Å²) in [5.41, 5.74) is 5.97. The molecule has 2 aromatic carbocycles. The normalized spacial score (nSPS) is 17.5. The molecule has 3 heterocycles. The number of ether oxygens (including phenoxy) is 1. The van der Waals surface area contributed by atoms with E-state index in [9.17, 15) is 19.2 Å². The van der Waals surface area contributed by atoms with Gasteiger partial charge in [-0.15, -0.1) is 11.3 Å². The van der Waals surface area contributed by atoms with Crippen molar-refractivity contribution in [2.24, 2.45) is 0 Å². The first-order valence-electron chi connectivity index (χ1n) is 11.0. The summed E-state index contributed by atoms with van der Waals surface area (Å²) in [6.07, 6.45) is 1.66. The third-order valence-electron chi connectivity index (χ3n) is 6.53. The molecule has 2 amide bonds. The molecule has 1 saturated heterocycles. The summed E-state index contributed by atoms with van der Waals surface area (Å²) in [5.74, 6) is -2.09. The van der Waals surface area contributed by atoms with Gasteiger partial charge < -0.3 is 20.3 Å². The van der Waals surface area contributed by atoms with Gasteiger partial charge in [0.15, 0.2) is 5.75 Å². The van der Waals surface area contributed by atoms with E-state index in [0.717, 1.165) is 23.5 Å². The minimum absolute atomic E-state index is 0.0142. The van der Waals surface area contributed by atoms with Gasteiger partial charge in [0.25, 0.3) is 5.91 Å². The Balaban J connectivity index is 1.63. The molecule has 0 unspecified atom stereocenters. The van der Waals surface area contributed by atoms with Crippen molar-refractivity contribution < 1.29 is 23.1 Å². The first-order valence-corrected chi connectivity index (χ1v) is 12.2. The standard InChI is InChI=1S/C25H19ClF2N4O3S/c1-2-18(33)31-6-7-32-12(11-31)5-8-35-22-14(25(32)34)9-17(28)20(21(22)26)13-3-4-16(27)23-19(13)15(10-29)24(30)36-23/h2-4,9,12H,1,5-8,11,30H2/t12-/m0/s1/i18+1. The highest BCUT2D eigenvalue weighted by molar-refractivity contribution is 7.23. The van der Waals surface area contributed by atoms with Gasteiger partial charge >= 0.3 is 0 Å². The maximum atomic E-state index is 15.7. The van der Waals surface area contributed by atoms with Crippen LogP contribution in [0, 0.1) is 23.0 Å². The number of nitriles is 1. The zero-order chi connectivity index (χ0) is 25.7. The molecule has 0 spiro atoms. The lowest BCUT2D eigenvalue weighted by Crippen LogP contribution is -2.57. The van der Waals surface area contributed by atoms with Gasteiger partial charge in [0, 0.05) is 37.0 Å². The van der Waals surface area contributed by atoms with Crippen molar-refractivity contribution in [2.45, 2.75) is 12.5 Å². The highest BCUT2D eigenvalue weighted by Crippen LogP contribution is 2.47. The fourth-order valence-electron chi connectivity index (χ4n) is 4.81. The first kappa shape index (κ1) is 24.0. The monoisotopic (exact) mass is 529 g/mol. The van der Waals surface area contributed by atoms with Gasteiger partial charge in [-0.3, -0.25) is 9.59 Å². The van der Waals surface area contributed by atoms with E-state index in [4.69, 9.17) is 22.1 Å². The fourth-order valence-corrected chi connectivity index (χ4v) is 6.11. The Kier molecular flexibility index (Phi) is 6.06. The molecule has 5 rings (SSSR count). The maximum Gasteiger partial charge on any atom is 0.258 e. The molecule has 0 aliphatic carbocycles. The number of carbonyl (C=O) groups is 2. The van der Waals surface area contributed by atoms with Crippen LogP contribution in [0.15, 0.2) is 30.9 Å². The Labute approximate surface area is 213 Å². The van der Waals surface area contributed by atoms with E-state index >= 15 is 4.39 Å². The molecule has 1 fully saturated rings. The maximum absolute atomic E-state index is 15.7. The van der Waals surface area contributed by atoms with E-state index in [0.29, 0.717) is 19.5 Å². The first-order chi connectivity index (χ1) is 17.3. The molecule has 36 heavy (non-hydrogen) atoms. The second-order valence-corrected chi connectivity index (χ2v) is 9.88. The number of halogens is 3. The number of piperazine rings is 1. The number of fused-ring (bicyclic) bond motifs is 3. The molecule has 7 nitrogen and oxygen atoms in total. The number of amides is 2. The number of hydrogen-bond acceptors (Lipinski definition) is 6. The van der Waals surface area contributed by atoms with E-state index in [1.807, 2.05) is 6.07 Å². The van der Waals surface area contributed by atoms with Gasteiger partial charge in [-0.25, -0.2) is 8.78 Å². The van der Waals surface area contributed by atoms with Crippen LogP contribution < -0.4 is 10.5 Å². The van der Waals surface area contributed by atoms with Gasteiger partial charge in [-0.05, 0) is 23.8 Å². The van der Waals surface area contributed by atoms with Gasteiger partial charge in [0.2, 0.25) is 5.91 Å². The number of rotatable bonds is 2. The Morgan fingerprint density at radius 3 is 2.81 bits per heavy atom. The summed E-state index contributed by atoms with van der Waals surface area (Å²) in [7, 11) is 0. The Morgan fingerprint density at radius 1 is 1.31 bits per heavy atom. The zero-order valence-corrected chi connectivity index (χ0v) is 20.4. The average molecular weight is 530 g/mol. The van der Waals surface area contributed by atoms with Crippen molar-refractivity contribution in [2.75, 3.05) is 32.0 Å². The van der Waals surface area contributed by atoms with Crippen molar-refractivity contribution in [3.05, 3.63) is 58.6 Å². The molecule has 3 aromatic rings. The fraction of sp³-hybridized carbons (Fsp3) is 0.240. The van der Waals surface area contributed by atoms with E-state index in [1.165, 1.54) is 12.1 Å². The number of hydrogen-bond donors (Lipinski definition) is 1. The largest absolute Gasteiger partial charge is 0.491 e. The lowest BCUT2D eigenvalue weighted by atomic mass is 9.95. The minimum Gasteiger partial charge on any atom is -0.491 e. The van der Waals surface area contributed by atoms with Crippen molar-refractivity contribution in [3.8, 4) is 22.9 Å². The molecule has 2 aliphatic rings. The van der Waals surface area contributed by atoms with Crippen LogP contribution in [0.25, 0.3) is 21.2 Å². The topological polar surface area (TPSA) is 99.7 Å². The van der Waals surface area contributed by atoms with Crippen LogP contribution in [0.5, 0.6) is 5.75 Å². The smallest absolute Gasteiger partial charge is 0.258 e. The molecule has 1 atom stereocenters. The highest BCUT2D eigenvalue weighted by Gasteiger charge is 2.37. The number of thiophene rings is 1. The van der Waals surface area contributed by atoms with Crippen molar-refractivity contribution in [1.82, 2.24) is 9.80 Å². The van der Waals surface area contributed by atoms with Gasteiger partial charge in [0.05, 0.1) is 33.5 Å². The molecule has 0 radical (unpaired) electrons. The summed E-state index contributed by atoms with van der Waals surface area (Å²) in [6, 6.07) is 5.19. The number of nitrogens with zero attached hydrogens (tertiary/aromatic N) is 3. The molecule has 184 valence electrons. The second-order valence-electron chi connectivity index (χ2n) is 8.45. The molecule has 2 N–H and O–H groups in total. The summed E-state index contributed by atoms with van der Waals surface area (Å²) in [4.78, 5) is 28.7. The summed E-state index contributed by atoms with van der Waals surface area (Å²) in [6.45, 7) is 4.57. The number of benzene rings is 2. The van der Waals surface area contributed by atoms with Gasteiger partial charge in [-0.1, -0.05) is 24.2 Å². The third kappa shape index (κ3) is 3.67. The molecule has 2 aliphatic heterocycles. The quantitative estimate of drug-likeness (QED) is 0.387. The number of carbonyl (C=O) groups excluding carboxylic acids is 2. The van der Waals surface area contributed by atoms with Crippen LogP contribution >= 0.6 is 22.9 Å². The van der Waals surface area contributed by atoms with E-state index in [-0.39, 0.29) is 73.2 Å².